The van der Waals surface area contributed by atoms with Gasteiger partial charge in [-0.1, -0.05) is 35.9 Å². The van der Waals surface area contributed by atoms with Gasteiger partial charge in [0.25, 0.3) is 0 Å². The average Bonchev–Trinajstić information content (AvgIpc) is 3.00. The van der Waals surface area contributed by atoms with Crippen molar-refractivity contribution in [2.24, 2.45) is 5.14 Å². The molecule has 0 saturated carbocycles. The molecule has 25 heavy (non-hydrogen) atoms. The van der Waals surface area contributed by atoms with Crippen LogP contribution in [-0.4, -0.2) is 29.4 Å². The van der Waals surface area contributed by atoms with Crippen LogP contribution in [0.25, 0.3) is 22.4 Å². The van der Waals surface area contributed by atoms with Gasteiger partial charge in [-0.05, 0) is 29.8 Å². The number of hydrogen-bond acceptors (Lipinski definition) is 4. The minimum atomic E-state index is -3.81. The third-order valence-corrected chi connectivity index (χ3v) is 4.70. The topological polar surface area (TPSA) is 115 Å². The Kier molecular flexibility index (Phi) is 4.34. The summed E-state index contributed by atoms with van der Waals surface area (Å²) in [4.78, 5) is 11.2. The number of carbonyl (C=O) groups is 1. The lowest BCUT2D eigenvalue weighted by Gasteiger charge is -2.04. The molecule has 128 valence electrons. The summed E-state index contributed by atoms with van der Waals surface area (Å²) < 4.78 is 23.5. The Hall–Kier alpha value is -2.68. The molecule has 7 nitrogen and oxygen atoms in total. The van der Waals surface area contributed by atoms with E-state index in [9.17, 15) is 18.3 Å². The van der Waals surface area contributed by atoms with Crippen LogP contribution in [0, 0.1) is 0 Å². The second-order valence-electron chi connectivity index (χ2n) is 5.19. The molecule has 2 aromatic carbocycles. The van der Waals surface area contributed by atoms with Crippen molar-refractivity contribution in [2.75, 3.05) is 0 Å². The van der Waals surface area contributed by atoms with Crippen molar-refractivity contribution in [3.63, 3.8) is 0 Å². The van der Waals surface area contributed by atoms with E-state index in [-0.39, 0.29) is 4.90 Å². The standard InChI is InChI=1S/C16H12ClN3O4S/c17-12-5-1-10(2-6-12)14-9-20(16(21)22)19-15(14)11-3-7-13(8-4-11)25(18,23)24/h1-9H,(H,21,22)(H2,18,23,24). The van der Waals surface area contributed by atoms with E-state index in [0.29, 0.717) is 21.8 Å². The quantitative estimate of drug-likeness (QED) is 0.727. The molecule has 0 bridgehead atoms. The van der Waals surface area contributed by atoms with Gasteiger partial charge in [-0.15, -0.1) is 0 Å². The second kappa shape index (κ2) is 6.32. The third-order valence-electron chi connectivity index (χ3n) is 3.52. The highest BCUT2D eigenvalue weighted by Crippen LogP contribution is 2.32. The smallest absolute Gasteiger partial charge is 0.432 e. The summed E-state index contributed by atoms with van der Waals surface area (Å²) in [7, 11) is -3.81. The highest BCUT2D eigenvalue weighted by Gasteiger charge is 2.17. The predicted molar refractivity (Wildman–Crippen MR) is 92.9 cm³/mol. The minimum Gasteiger partial charge on any atom is -0.463 e. The van der Waals surface area contributed by atoms with Crippen molar-refractivity contribution in [1.29, 1.82) is 0 Å². The average molecular weight is 378 g/mol. The Morgan fingerprint density at radius 3 is 2.12 bits per heavy atom. The van der Waals surface area contributed by atoms with Gasteiger partial charge >= 0.3 is 6.09 Å². The number of primary sulfonamides is 1. The number of nitrogens with zero attached hydrogens (tertiary/aromatic N) is 2. The Morgan fingerprint density at radius 2 is 1.60 bits per heavy atom. The summed E-state index contributed by atoms with van der Waals surface area (Å²) >= 11 is 5.89. The molecule has 0 atom stereocenters. The molecule has 0 fully saturated rings. The summed E-state index contributed by atoms with van der Waals surface area (Å²) in [5, 5.41) is 18.9. The summed E-state index contributed by atoms with van der Waals surface area (Å²) in [6.45, 7) is 0. The van der Waals surface area contributed by atoms with Gasteiger partial charge in [0.2, 0.25) is 10.0 Å². The van der Waals surface area contributed by atoms with E-state index in [4.69, 9.17) is 16.7 Å². The van der Waals surface area contributed by atoms with Gasteiger partial charge in [-0.2, -0.15) is 9.78 Å². The molecule has 0 radical (unpaired) electrons. The first kappa shape index (κ1) is 17.2. The first-order valence-electron chi connectivity index (χ1n) is 6.98. The summed E-state index contributed by atoms with van der Waals surface area (Å²) in [6, 6.07) is 12.6. The minimum absolute atomic E-state index is 0.0399. The number of carboxylic acid groups (broad SMARTS) is 1. The fourth-order valence-corrected chi connectivity index (χ4v) is 2.97. The first-order chi connectivity index (χ1) is 11.8. The Morgan fingerprint density at radius 1 is 1.04 bits per heavy atom. The molecule has 0 spiro atoms. The molecular formula is C16H12ClN3O4S. The number of benzene rings is 2. The SMILES string of the molecule is NS(=O)(=O)c1ccc(-c2nn(C(=O)O)cc2-c2ccc(Cl)cc2)cc1. The van der Waals surface area contributed by atoms with Crippen molar-refractivity contribution < 1.29 is 18.3 Å². The van der Waals surface area contributed by atoms with Crippen LogP contribution < -0.4 is 5.14 Å². The molecule has 1 heterocycles. The number of hydrogen-bond donors (Lipinski definition) is 2. The van der Waals surface area contributed by atoms with E-state index in [0.717, 1.165) is 10.2 Å². The predicted octanol–water partition coefficient (Wildman–Crippen LogP) is 3.04. The van der Waals surface area contributed by atoms with Gasteiger partial charge in [-0.3, -0.25) is 0 Å². The van der Waals surface area contributed by atoms with Crippen LogP contribution in [0.2, 0.25) is 5.02 Å². The zero-order valence-corrected chi connectivity index (χ0v) is 14.2. The zero-order valence-electron chi connectivity index (χ0n) is 12.6. The fraction of sp³-hybridized carbons (Fsp3) is 0. The van der Waals surface area contributed by atoms with E-state index in [1.54, 1.807) is 24.3 Å². The summed E-state index contributed by atoms with van der Waals surface area (Å²) in [5.74, 6) is 0. The lowest BCUT2D eigenvalue weighted by Crippen LogP contribution is -2.11. The normalized spacial score (nSPS) is 11.4. The van der Waals surface area contributed by atoms with Crippen LogP contribution in [0.1, 0.15) is 0 Å². The molecule has 0 saturated heterocycles. The highest BCUT2D eigenvalue weighted by atomic mass is 35.5. The van der Waals surface area contributed by atoms with Gasteiger partial charge in [0.1, 0.15) is 5.69 Å². The summed E-state index contributed by atoms with van der Waals surface area (Å²) in [5.41, 5.74) is 2.24. The Bertz CT molecular complexity index is 1040. The van der Waals surface area contributed by atoms with Crippen LogP contribution in [0.4, 0.5) is 4.79 Å². The number of halogens is 1. The number of rotatable bonds is 3. The molecule has 0 unspecified atom stereocenters. The van der Waals surface area contributed by atoms with Gasteiger partial charge in [0.15, 0.2) is 0 Å². The molecule has 3 aromatic rings. The molecule has 0 amide bonds. The molecule has 9 heteroatoms. The second-order valence-corrected chi connectivity index (χ2v) is 7.19. The third kappa shape index (κ3) is 3.55. The van der Waals surface area contributed by atoms with Crippen molar-refractivity contribution >= 4 is 27.7 Å². The molecule has 0 aliphatic heterocycles. The number of aromatic nitrogens is 2. The molecule has 3 N–H and O–H groups in total. The molecule has 1 aromatic heterocycles. The van der Waals surface area contributed by atoms with Crippen LogP contribution in [0.3, 0.4) is 0 Å². The first-order valence-corrected chi connectivity index (χ1v) is 8.90. The van der Waals surface area contributed by atoms with E-state index in [2.05, 4.69) is 5.10 Å². The van der Waals surface area contributed by atoms with Crippen LogP contribution in [0.5, 0.6) is 0 Å². The van der Waals surface area contributed by atoms with Gasteiger partial charge in [-0.25, -0.2) is 18.4 Å². The van der Waals surface area contributed by atoms with Crippen molar-refractivity contribution in [3.05, 3.63) is 59.8 Å². The van der Waals surface area contributed by atoms with E-state index in [1.165, 1.54) is 30.5 Å². The highest BCUT2D eigenvalue weighted by molar-refractivity contribution is 7.89. The van der Waals surface area contributed by atoms with Gasteiger partial charge in [0, 0.05) is 22.3 Å². The van der Waals surface area contributed by atoms with Crippen LogP contribution >= 0.6 is 11.6 Å². The van der Waals surface area contributed by atoms with Crippen molar-refractivity contribution in [3.8, 4) is 22.4 Å². The van der Waals surface area contributed by atoms with E-state index < -0.39 is 16.1 Å². The van der Waals surface area contributed by atoms with Crippen molar-refractivity contribution in [2.45, 2.75) is 4.90 Å². The zero-order chi connectivity index (χ0) is 18.2. The largest absolute Gasteiger partial charge is 0.463 e. The lowest BCUT2D eigenvalue weighted by atomic mass is 10.0. The Balaban J connectivity index is 2.14. The monoisotopic (exact) mass is 377 g/mol. The van der Waals surface area contributed by atoms with Gasteiger partial charge in [0.05, 0.1) is 4.90 Å². The summed E-state index contributed by atoms with van der Waals surface area (Å²) in [6.07, 6.45) is 0.150. The van der Waals surface area contributed by atoms with E-state index >= 15 is 0 Å². The molecule has 0 aliphatic carbocycles. The van der Waals surface area contributed by atoms with Crippen molar-refractivity contribution in [1.82, 2.24) is 9.78 Å². The Labute approximate surface area is 148 Å². The van der Waals surface area contributed by atoms with Crippen LogP contribution in [0.15, 0.2) is 59.6 Å². The van der Waals surface area contributed by atoms with Gasteiger partial charge < -0.3 is 5.11 Å². The lowest BCUT2D eigenvalue weighted by molar-refractivity contribution is 0.192. The molecule has 3 rings (SSSR count). The number of nitrogens with two attached hydrogens (primary N) is 1. The maximum atomic E-state index is 11.4. The molecular weight excluding hydrogens is 366 g/mol. The molecule has 0 aliphatic rings. The fourth-order valence-electron chi connectivity index (χ4n) is 2.33. The van der Waals surface area contributed by atoms with Crippen LogP contribution in [-0.2, 0) is 10.0 Å². The maximum Gasteiger partial charge on any atom is 0.432 e. The maximum absolute atomic E-state index is 11.4. The number of sulfonamides is 1. The van der Waals surface area contributed by atoms with E-state index in [1.807, 2.05) is 0 Å².